The average Bonchev–Trinajstić information content (AvgIpc) is 2.14. The maximum atomic E-state index is 6.06. The Morgan fingerprint density at radius 1 is 1.43 bits per heavy atom. The zero-order valence-corrected chi connectivity index (χ0v) is 10.2. The fourth-order valence-corrected chi connectivity index (χ4v) is 2.11. The highest BCUT2D eigenvalue weighted by molar-refractivity contribution is 9.10. The maximum Gasteiger partial charge on any atom is 0.0464 e. The second kappa shape index (κ2) is 5.71. The molecule has 0 aliphatic rings. The van der Waals surface area contributed by atoms with Gasteiger partial charge in [0.1, 0.15) is 0 Å². The van der Waals surface area contributed by atoms with E-state index in [2.05, 4.69) is 15.9 Å². The molecule has 0 saturated heterocycles. The van der Waals surface area contributed by atoms with Crippen molar-refractivity contribution in [1.29, 1.82) is 0 Å². The van der Waals surface area contributed by atoms with Crippen LogP contribution in [0.5, 0.6) is 0 Å². The van der Waals surface area contributed by atoms with E-state index >= 15 is 0 Å². The average molecular weight is 278 g/mol. The molecule has 4 heteroatoms. The van der Waals surface area contributed by atoms with Crippen LogP contribution < -0.4 is 11.5 Å². The molecule has 0 aliphatic heterocycles. The van der Waals surface area contributed by atoms with E-state index in [4.69, 9.17) is 23.1 Å². The van der Waals surface area contributed by atoms with Crippen molar-refractivity contribution in [3.63, 3.8) is 0 Å². The van der Waals surface area contributed by atoms with Gasteiger partial charge in [-0.05, 0) is 37.1 Å². The van der Waals surface area contributed by atoms with Gasteiger partial charge in [0, 0.05) is 15.5 Å². The lowest BCUT2D eigenvalue weighted by Crippen LogP contribution is -2.12. The van der Waals surface area contributed by atoms with Crippen LogP contribution in [0.25, 0.3) is 0 Å². The molecule has 0 aliphatic carbocycles. The Bertz CT molecular complexity index is 304. The van der Waals surface area contributed by atoms with Crippen LogP contribution in [0.2, 0.25) is 5.02 Å². The Morgan fingerprint density at radius 3 is 2.71 bits per heavy atom. The molecule has 0 heterocycles. The molecule has 0 amide bonds. The number of rotatable bonds is 4. The number of hydrogen-bond acceptors (Lipinski definition) is 2. The fourth-order valence-electron chi connectivity index (χ4n) is 1.30. The molecule has 0 radical (unpaired) electrons. The lowest BCUT2D eigenvalue weighted by molar-refractivity contribution is 0.618. The molecule has 1 atom stereocenters. The summed E-state index contributed by atoms with van der Waals surface area (Å²) in [5.74, 6) is 0. The van der Waals surface area contributed by atoms with Gasteiger partial charge in [0.2, 0.25) is 0 Å². The third-order valence-electron chi connectivity index (χ3n) is 2.08. The van der Waals surface area contributed by atoms with Gasteiger partial charge in [0.25, 0.3) is 0 Å². The van der Waals surface area contributed by atoms with Crippen molar-refractivity contribution in [3.8, 4) is 0 Å². The van der Waals surface area contributed by atoms with Crippen LogP contribution in [0.4, 0.5) is 0 Å². The van der Waals surface area contributed by atoms with Gasteiger partial charge < -0.3 is 11.5 Å². The Hall–Kier alpha value is -0.0900. The first-order valence-corrected chi connectivity index (χ1v) is 5.73. The minimum absolute atomic E-state index is 0.0147. The largest absolute Gasteiger partial charge is 0.330 e. The molecule has 0 spiro atoms. The Kier molecular flexibility index (Phi) is 4.89. The SMILES string of the molecule is NCCC[C@@H](N)c1ccc(Br)cc1Cl. The molecule has 4 N–H and O–H groups in total. The lowest BCUT2D eigenvalue weighted by Gasteiger charge is -2.13. The minimum atomic E-state index is -0.0147. The summed E-state index contributed by atoms with van der Waals surface area (Å²) in [4.78, 5) is 0. The molecule has 0 unspecified atom stereocenters. The van der Waals surface area contributed by atoms with E-state index in [1.807, 2.05) is 18.2 Å². The zero-order valence-electron chi connectivity index (χ0n) is 7.84. The summed E-state index contributed by atoms with van der Waals surface area (Å²) in [5, 5.41) is 0.712. The number of halogens is 2. The predicted molar refractivity (Wildman–Crippen MR) is 64.4 cm³/mol. The van der Waals surface area contributed by atoms with E-state index < -0.39 is 0 Å². The van der Waals surface area contributed by atoms with Crippen molar-refractivity contribution in [2.75, 3.05) is 6.54 Å². The van der Waals surface area contributed by atoms with Gasteiger partial charge in [-0.1, -0.05) is 33.6 Å². The van der Waals surface area contributed by atoms with E-state index in [0.717, 1.165) is 22.9 Å². The first kappa shape index (κ1) is 12.0. The molecule has 1 rings (SSSR count). The minimum Gasteiger partial charge on any atom is -0.330 e. The molecule has 0 saturated carbocycles. The monoisotopic (exact) mass is 276 g/mol. The topological polar surface area (TPSA) is 52.0 Å². The second-order valence-corrected chi connectivity index (χ2v) is 4.53. The standard InChI is InChI=1S/C10H14BrClN2/c11-7-3-4-8(9(12)6-7)10(14)2-1-5-13/h3-4,6,10H,1-2,5,13-14H2/t10-/m1/s1. The molecular weight excluding hydrogens is 263 g/mol. The van der Waals surface area contributed by atoms with Crippen LogP contribution in [0.1, 0.15) is 24.4 Å². The highest BCUT2D eigenvalue weighted by Gasteiger charge is 2.09. The summed E-state index contributed by atoms with van der Waals surface area (Å²) >= 11 is 9.41. The first-order chi connectivity index (χ1) is 6.65. The molecule has 2 nitrogen and oxygen atoms in total. The van der Waals surface area contributed by atoms with Crippen molar-refractivity contribution in [1.82, 2.24) is 0 Å². The van der Waals surface area contributed by atoms with E-state index in [9.17, 15) is 0 Å². The first-order valence-electron chi connectivity index (χ1n) is 4.55. The predicted octanol–water partition coefficient (Wildman–Crippen LogP) is 2.84. The highest BCUT2D eigenvalue weighted by Crippen LogP contribution is 2.27. The van der Waals surface area contributed by atoms with Gasteiger partial charge in [-0.2, -0.15) is 0 Å². The lowest BCUT2D eigenvalue weighted by atomic mass is 10.0. The summed E-state index contributed by atoms with van der Waals surface area (Å²) in [6, 6.07) is 5.75. The van der Waals surface area contributed by atoms with Gasteiger partial charge in [-0.3, -0.25) is 0 Å². The Morgan fingerprint density at radius 2 is 2.14 bits per heavy atom. The van der Waals surface area contributed by atoms with Crippen molar-refractivity contribution in [2.24, 2.45) is 11.5 Å². The van der Waals surface area contributed by atoms with Gasteiger partial charge in [0.05, 0.1) is 0 Å². The van der Waals surface area contributed by atoms with Gasteiger partial charge in [-0.25, -0.2) is 0 Å². The second-order valence-electron chi connectivity index (χ2n) is 3.20. The normalized spacial score (nSPS) is 12.9. The number of benzene rings is 1. The van der Waals surface area contributed by atoms with E-state index in [-0.39, 0.29) is 6.04 Å². The van der Waals surface area contributed by atoms with E-state index in [1.54, 1.807) is 0 Å². The Labute approximate surface area is 97.7 Å². The third-order valence-corrected chi connectivity index (χ3v) is 2.90. The van der Waals surface area contributed by atoms with Crippen molar-refractivity contribution >= 4 is 27.5 Å². The van der Waals surface area contributed by atoms with Crippen molar-refractivity contribution in [2.45, 2.75) is 18.9 Å². The van der Waals surface area contributed by atoms with E-state index in [0.29, 0.717) is 11.6 Å². The third kappa shape index (κ3) is 3.24. The smallest absolute Gasteiger partial charge is 0.0464 e. The van der Waals surface area contributed by atoms with Crippen LogP contribution in [-0.2, 0) is 0 Å². The van der Waals surface area contributed by atoms with Crippen molar-refractivity contribution < 1.29 is 0 Å². The fraction of sp³-hybridized carbons (Fsp3) is 0.400. The van der Waals surface area contributed by atoms with Crippen LogP contribution >= 0.6 is 27.5 Å². The van der Waals surface area contributed by atoms with Gasteiger partial charge in [-0.15, -0.1) is 0 Å². The van der Waals surface area contributed by atoms with Crippen LogP contribution in [0.15, 0.2) is 22.7 Å². The van der Waals surface area contributed by atoms with Crippen LogP contribution in [-0.4, -0.2) is 6.54 Å². The van der Waals surface area contributed by atoms with Crippen molar-refractivity contribution in [3.05, 3.63) is 33.3 Å². The van der Waals surface area contributed by atoms with Crippen LogP contribution in [0, 0.1) is 0 Å². The van der Waals surface area contributed by atoms with Gasteiger partial charge >= 0.3 is 0 Å². The molecule has 0 aromatic heterocycles. The maximum absolute atomic E-state index is 6.06. The zero-order chi connectivity index (χ0) is 10.6. The highest BCUT2D eigenvalue weighted by atomic mass is 79.9. The molecule has 14 heavy (non-hydrogen) atoms. The molecule has 78 valence electrons. The Balaban J connectivity index is 2.74. The summed E-state index contributed by atoms with van der Waals surface area (Å²) in [5.41, 5.74) is 12.4. The summed E-state index contributed by atoms with van der Waals surface area (Å²) in [6.07, 6.45) is 1.80. The molecule has 0 bridgehead atoms. The molecular formula is C10H14BrClN2. The quantitative estimate of drug-likeness (QED) is 0.889. The molecule has 0 fully saturated rings. The van der Waals surface area contributed by atoms with Crippen LogP contribution in [0.3, 0.4) is 0 Å². The summed E-state index contributed by atoms with van der Waals surface area (Å²) < 4.78 is 0.970. The summed E-state index contributed by atoms with van der Waals surface area (Å²) in [6.45, 7) is 0.668. The van der Waals surface area contributed by atoms with Gasteiger partial charge in [0.15, 0.2) is 0 Å². The molecule has 1 aromatic rings. The molecule has 1 aromatic carbocycles. The summed E-state index contributed by atoms with van der Waals surface area (Å²) in [7, 11) is 0. The number of hydrogen-bond donors (Lipinski definition) is 2. The number of nitrogens with two attached hydrogens (primary N) is 2. The van der Waals surface area contributed by atoms with E-state index in [1.165, 1.54) is 0 Å².